The molecule has 15 nitrogen and oxygen atoms in total. The van der Waals surface area contributed by atoms with Gasteiger partial charge in [0.1, 0.15) is 5.75 Å². The van der Waals surface area contributed by atoms with Crippen LogP contribution in [-0.4, -0.2) is 141 Å². The number of carbonyl (C=O) groups is 2. The van der Waals surface area contributed by atoms with Gasteiger partial charge in [0.05, 0.1) is 60.1 Å². The highest BCUT2D eigenvalue weighted by Gasteiger charge is 2.56. The number of benzene rings is 3. The highest BCUT2D eigenvalue weighted by Crippen LogP contribution is 2.51. The maximum absolute atomic E-state index is 14.6. The Labute approximate surface area is 496 Å². The second kappa shape index (κ2) is 29.0. The van der Waals surface area contributed by atoms with Crippen LogP contribution in [0.3, 0.4) is 0 Å². The van der Waals surface area contributed by atoms with Crippen LogP contribution in [0, 0.1) is 35.0 Å². The highest BCUT2D eigenvalue weighted by molar-refractivity contribution is 5.75. The number of phenols is 1. The van der Waals surface area contributed by atoms with Crippen LogP contribution in [0.4, 0.5) is 0 Å². The van der Waals surface area contributed by atoms with E-state index in [1.165, 1.54) is 0 Å². The van der Waals surface area contributed by atoms with Crippen molar-refractivity contribution in [3.8, 4) is 17.6 Å². The van der Waals surface area contributed by atoms with Gasteiger partial charge in [0.2, 0.25) is 0 Å². The number of aliphatic carboxylic acids is 2. The molecule has 84 heavy (non-hydrogen) atoms. The quantitative estimate of drug-likeness (QED) is 0.0547. The van der Waals surface area contributed by atoms with Gasteiger partial charge in [0.15, 0.2) is 0 Å². The summed E-state index contributed by atoms with van der Waals surface area (Å²) in [6, 6.07) is 16.8. The molecule has 13 N–H and O–H groups in total. The van der Waals surface area contributed by atoms with Crippen molar-refractivity contribution in [2.75, 3.05) is 13.2 Å². The minimum Gasteiger partial charge on any atom is -0.508 e. The fraction of sp³-hybridized carbons (Fsp3) is 0.594. The summed E-state index contributed by atoms with van der Waals surface area (Å²) in [5.74, 6) is 2.51. The summed E-state index contributed by atoms with van der Waals surface area (Å²) in [4.78, 5) is 26.7. The number of carboxylic acid groups (broad SMARTS) is 2. The van der Waals surface area contributed by atoms with Crippen LogP contribution in [0.5, 0.6) is 5.75 Å². The number of aliphatic hydroxyl groups excluding tert-OH is 7. The Morgan fingerprint density at radius 1 is 0.917 bits per heavy atom. The lowest BCUT2D eigenvalue weighted by Crippen LogP contribution is -2.68. The van der Waals surface area contributed by atoms with Gasteiger partial charge in [-0.15, -0.1) is 0 Å². The van der Waals surface area contributed by atoms with E-state index in [2.05, 4.69) is 22.5 Å². The first-order chi connectivity index (χ1) is 40.2. The van der Waals surface area contributed by atoms with Crippen LogP contribution >= 0.6 is 0 Å². The molecule has 0 aromatic heterocycles. The number of rotatable bonds is 18. The van der Waals surface area contributed by atoms with Gasteiger partial charge in [-0.1, -0.05) is 118 Å². The van der Waals surface area contributed by atoms with Crippen molar-refractivity contribution in [1.29, 1.82) is 0 Å². The first-order valence-corrected chi connectivity index (χ1v) is 31.1. The second-order valence-corrected chi connectivity index (χ2v) is 25.7. The van der Waals surface area contributed by atoms with E-state index in [1.807, 2.05) is 68.5 Å². The first-order valence-electron chi connectivity index (χ1n) is 31.1. The van der Waals surface area contributed by atoms with Crippen molar-refractivity contribution in [3.05, 3.63) is 129 Å². The Hall–Kier alpha value is -5.22. The zero-order valence-corrected chi connectivity index (χ0v) is 49.5. The highest BCUT2D eigenvalue weighted by atomic mass is 16.4. The van der Waals surface area contributed by atoms with Crippen molar-refractivity contribution in [3.63, 3.8) is 0 Å². The Balaban J connectivity index is 1.47. The molecule has 1 saturated heterocycles. The number of aryl methyl sites for hydroxylation is 1. The molecule has 4 heterocycles. The molecule has 0 radical (unpaired) electrons. The molecule has 0 amide bonds. The van der Waals surface area contributed by atoms with Gasteiger partial charge < -0.3 is 66.8 Å². The van der Waals surface area contributed by atoms with Crippen molar-refractivity contribution in [2.45, 2.75) is 221 Å². The van der Waals surface area contributed by atoms with E-state index in [4.69, 9.17) is 0 Å². The lowest BCUT2D eigenvalue weighted by atomic mass is 9.59. The zero-order chi connectivity index (χ0) is 60.3. The van der Waals surface area contributed by atoms with Gasteiger partial charge in [0.25, 0.3) is 0 Å². The van der Waals surface area contributed by atoms with Crippen LogP contribution in [0.25, 0.3) is 6.08 Å². The van der Waals surface area contributed by atoms with Crippen LogP contribution in [0.15, 0.2) is 90.0 Å². The maximum Gasteiger partial charge on any atom is 0.309 e. The Morgan fingerprint density at radius 3 is 2.42 bits per heavy atom. The molecular formula is C69H94N2O13. The van der Waals surface area contributed by atoms with Crippen LogP contribution < -0.4 is 10.6 Å². The molecule has 458 valence electrons. The average molecular weight is 1160 g/mol. The van der Waals surface area contributed by atoms with E-state index in [0.29, 0.717) is 84.8 Å². The number of allylic oxidation sites excluding steroid dienone is 3. The number of fused-ring (bicyclic) bond motifs is 7. The smallest absolute Gasteiger partial charge is 0.309 e. The molecule has 14 atom stereocenters. The van der Waals surface area contributed by atoms with Crippen molar-refractivity contribution in [1.82, 2.24) is 10.6 Å². The predicted octanol–water partition coefficient (Wildman–Crippen LogP) is 7.57. The summed E-state index contributed by atoms with van der Waals surface area (Å²) in [5, 5.41) is 137. The molecule has 0 unspecified atom stereocenters. The molecular weight excluding hydrogens is 1060 g/mol. The number of carboxylic acids is 2. The molecule has 2 fully saturated rings. The van der Waals surface area contributed by atoms with Gasteiger partial charge in [0, 0.05) is 42.6 Å². The molecule has 3 aromatic rings. The van der Waals surface area contributed by atoms with E-state index in [1.54, 1.807) is 37.3 Å². The standard InChI is InChI=1S/C69H94N2O13/c1-4-5-15-59(76)60(77)28-23-47-20-19-46-13-8-7-12-45(46)14-11-33-69(67(3,84)64-48(30-34-72)21-22-50-36-52(74)24-26-54(50)64)40-44-17-18-49(51(35-44)41-68(66(82)83)31-9-6-10-32-68)37-62(79)55-25-16-43(2)70-65(57(55)39-63(80)81)61(78)29-27-58(71-69)56(47)38-53(75)42-73/h7-8,12-13,17-18,21-24,26,28,35-36,43,48,53,55,57-62,64-65,70-79,84H,4-6,9-10,15-16,19-20,25,27,29-34,37-42H2,1-3H3,(H,80,81)(H,82,83)/b28-23+,56-47+/t43-,48+,53+,55-,57-,58-,59+,60-,61-,62-,64+,65-,67+,69-/m1/s1. The van der Waals surface area contributed by atoms with Crippen molar-refractivity contribution < 1.29 is 65.8 Å². The number of unbranched alkanes of at least 4 members (excludes halogenated alkanes) is 1. The topological polar surface area (TPSA) is 281 Å². The molecule has 6 bridgehead atoms. The molecule has 3 aromatic carbocycles. The Bertz CT molecular complexity index is 2880. The summed E-state index contributed by atoms with van der Waals surface area (Å²) in [6.45, 7) is 4.93. The SMILES string of the molecule is CCCC[C@H](O)[C@H](O)/C=C/C1=C(\C[C@H](O)CO)[C@H]2CC[C@@H](O)[C@@H]3N[C@H](C)CC[C@H]([C@H]3CC(=O)O)[C@H](O)Cc3ccc(cc3CC3(C(=O)O)CCCCC3)C[C@@]([C@@](C)(O)[C@@H]3c4ccc(O)cc4C=C[C@H]3CCO)(CC#Cc3ccccc3CC1)N2. The fourth-order valence-electron chi connectivity index (χ4n) is 15.1. The summed E-state index contributed by atoms with van der Waals surface area (Å²) in [7, 11) is 0. The van der Waals surface area contributed by atoms with Crippen molar-refractivity contribution in [2.24, 2.45) is 23.2 Å². The van der Waals surface area contributed by atoms with Gasteiger partial charge in [-0.25, -0.2) is 0 Å². The van der Waals surface area contributed by atoms with Gasteiger partial charge >= 0.3 is 11.9 Å². The van der Waals surface area contributed by atoms with Gasteiger partial charge in [-0.05, 0) is 184 Å². The summed E-state index contributed by atoms with van der Waals surface area (Å²) >= 11 is 0. The lowest BCUT2D eigenvalue weighted by molar-refractivity contribution is -0.151. The molecule has 1 saturated carbocycles. The Morgan fingerprint density at radius 2 is 1.69 bits per heavy atom. The van der Waals surface area contributed by atoms with E-state index >= 15 is 0 Å². The normalized spacial score (nSPS) is 30.2. The number of aromatic hydroxyl groups is 1. The van der Waals surface area contributed by atoms with E-state index in [9.17, 15) is 65.8 Å². The number of nitrogens with one attached hydrogen (secondary N) is 2. The monoisotopic (exact) mass is 1160 g/mol. The molecule has 0 spiro atoms. The third kappa shape index (κ3) is 15.1. The van der Waals surface area contributed by atoms with E-state index < -0.39 is 101 Å². The predicted molar refractivity (Wildman–Crippen MR) is 324 cm³/mol. The minimum absolute atomic E-state index is 0.0256. The van der Waals surface area contributed by atoms with Crippen molar-refractivity contribution >= 4 is 18.0 Å². The largest absolute Gasteiger partial charge is 0.508 e. The van der Waals surface area contributed by atoms with E-state index in [-0.39, 0.29) is 76.2 Å². The average Bonchev–Trinajstić information content (AvgIpc) is 3.59. The lowest BCUT2D eigenvalue weighted by Gasteiger charge is -2.54. The van der Waals surface area contributed by atoms with Gasteiger partial charge in [-0.2, -0.15) is 0 Å². The second-order valence-electron chi connectivity index (χ2n) is 25.7. The zero-order valence-electron chi connectivity index (χ0n) is 49.5. The number of aliphatic hydroxyl groups is 8. The first kappa shape index (κ1) is 64.8. The number of hydrogen-bond acceptors (Lipinski definition) is 13. The Kier molecular flexibility index (Phi) is 22.3. The molecule has 15 heteroatoms. The van der Waals surface area contributed by atoms with Gasteiger partial charge in [-0.3, -0.25) is 9.59 Å². The fourth-order valence-corrected chi connectivity index (χ4v) is 15.1. The molecule has 9 rings (SSSR count). The summed E-state index contributed by atoms with van der Waals surface area (Å²) in [6.07, 6.45) is 8.38. The maximum atomic E-state index is 14.6. The number of phenolic OH excluding ortho intramolecular Hbond substituents is 1. The van der Waals surface area contributed by atoms with Crippen LogP contribution in [-0.2, 0) is 35.3 Å². The molecule has 2 aliphatic carbocycles. The number of hydrogen-bond donors (Lipinski definition) is 13. The van der Waals surface area contributed by atoms with Crippen LogP contribution in [0.1, 0.15) is 175 Å². The minimum atomic E-state index is -1.89. The van der Waals surface area contributed by atoms with E-state index in [0.717, 1.165) is 42.4 Å². The summed E-state index contributed by atoms with van der Waals surface area (Å²) < 4.78 is 0. The third-order valence-electron chi connectivity index (χ3n) is 19.9. The van der Waals surface area contributed by atoms with Crippen LogP contribution in [0.2, 0.25) is 0 Å². The third-order valence-corrected chi connectivity index (χ3v) is 19.9. The molecule has 6 aliphatic rings. The summed E-state index contributed by atoms with van der Waals surface area (Å²) in [5.41, 5.74) is 1.86. The molecule has 4 aliphatic heterocycles.